The van der Waals surface area contributed by atoms with E-state index in [9.17, 15) is 0 Å². The number of thiophene rings is 1. The number of hydrogen-bond acceptors (Lipinski definition) is 1. The molecule has 8 aromatic carbocycles. The summed E-state index contributed by atoms with van der Waals surface area (Å²) in [6.07, 6.45) is 0. The average molecular weight is 667 g/mol. The highest BCUT2D eigenvalue weighted by molar-refractivity contribution is 7.25. The Kier molecular flexibility index (Phi) is 6.16. The zero-order chi connectivity index (χ0) is 33.5. The molecule has 11 aromatic rings. The molecule has 0 aliphatic heterocycles. The summed E-state index contributed by atoms with van der Waals surface area (Å²) in [6.45, 7) is 0. The van der Waals surface area contributed by atoms with Crippen LogP contribution in [-0.4, -0.2) is 9.13 Å². The third-order valence-electron chi connectivity index (χ3n) is 10.5. The standard InChI is InChI=1S/C48H30N2S/c1-2-10-31(11-3-1)32-18-22-35(23-19-32)49-43-15-7-4-12-37(43)39-25-20-33(28-45(39)49)34-21-26-40-38-13-5-8-16-44(38)50(46(40)29-34)36-24-27-48-42(30-36)41-14-6-9-17-47(41)51-48/h1-30H. The minimum absolute atomic E-state index is 1.16. The van der Waals surface area contributed by atoms with Crippen LogP contribution in [0.15, 0.2) is 182 Å². The zero-order valence-corrected chi connectivity index (χ0v) is 28.4. The van der Waals surface area contributed by atoms with Crippen molar-refractivity contribution < 1.29 is 0 Å². The molecule has 0 spiro atoms. The van der Waals surface area contributed by atoms with Crippen LogP contribution in [-0.2, 0) is 0 Å². The fourth-order valence-electron chi connectivity index (χ4n) is 8.14. The van der Waals surface area contributed by atoms with Crippen molar-refractivity contribution in [3.05, 3.63) is 182 Å². The maximum absolute atomic E-state index is 2.45. The highest BCUT2D eigenvalue weighted by Crippen LogP contribution is 2.40. The number of benzene rings is 8. The average Bonchev–Trinajstić information content (AvgIpc) is 3.85. The van der Waals surface area contributed by atoms with E-state index in [0.29, 0.717) is 0 Å². The molecule has 0 fully saturated rings. The molecule has 3 heteroatoms. The lowest BCUT2D eigenvalue weighted by molar-refractivity contribution is 1.18. The maximum Gasteiger partial charge on any atom is 0.0547 e. The van der Waals surface area contributed by atoms with Crippen molar-refractivity contribution in [1.29, 1.82) is 0 Å². The Morgan fingerprint density at radius 2 is 0.745 bits per heavy atom. The molecule has 0 amide bonds. The summed E-state index contributed by atoms with van der Waals surface area (Å²) in [4.78, 5) is 0. The monoisotopic (exact) mass is 666 g/mol. The van der Waals surface area contributed by atoms with Gasteiger partial charge in [0, 0.05) is 53.1 Å². The van der Waals surface area contributed by atoms with Crippen LogP contribution in [0.25, 0.3) is 97.4 Å². The van der Waals surface area contributed by atoms with Gasteiger partial charge in [-0.25, -0.2) is 0 Å². The van der Waals surface area contributed by atoms with Crippen LogP contribution in [0.1, 0.15) is 0 Å². The molecule has 0 unspecified atom stereocenters. The Morgan fingerprint density at radius 3 is 1.41 bits per heavy atom. The molecule has 0 saturated heterocycles. The van der Waals surface area contributed by atoms with Gasteiger partial charge in [0.25, 0.3) is 0 Å². The van der Waals surface area contributed by atoms with Crippen molar-refractivity contribution in [2.75, 3.05) is 0 Å². The Bertz CT molecular complexity index is 3120. The van der Waals surface area contributed by atoms with Crippen LogP contribution in [0.3, 0.4) is 0 Å². The van der Waals surface area contributed by atoms with Gasteiger partial charge in [-0.2, -0.15) is 0 Å². The number of rotatable bonds is 4. The number of fused-ring (bicyclic) bond motifs is 9. The lowest BCUT2D eigenvalue weighted by Crippen LogP contribution is -1.94. The van der Waals surface area contributed by atoms with Gasteiger partial charge in [0.15, 0.2) is 0 Å². The third-order valence-corrected chi connectivity index (χ3v) is 11.7. The second kappa shape index (κ2) is 11.0. The molecule has 0 aliphatic rings. The Labute approximate surface area is 298 Å². The van der Waals surface area contributed by atoms with Gasteiger partial charge in [-0.3, -0.25) is 0 Å². The molecular formula is C48H30N2S. The molecule has 0 saturated carbocycles. The van der Waals surface area contributed by atoms with Crippen molar-refractivity contribution in [2.24, 2.45) is 0 Å². The van der Waals surface area contributed by atoms with Gasteiger partial charge in [-0.1, -0.05) is 121 Å². The molecule has 2 nitrogen and oxygen atoms in total. The smallest absolute Gasteiger partial charge is 0.0547 e. The molecule has 0 radical (unpaired) electrons. The van der Waals surface area contributed by atoms with Crippen LogP contribution in [0.4, 0.5) is 0 Å². The lowest BCUT2D eigenvalue weighted by atomic mass is 10.0. The van der Waals surface area contributed by atoms with E-state index in [4.69, 9.17) is 0 Å². The first-order chi connectivity index (χ1) is 25.3. The summed E-state index contributed by atoms with van der Waals surface area (Å²) in [5.41, 5.74) is 12.0. The molecule has 0 bridgehead atoms. The van der Waals surface area contributed by atoms with Crippen molar-refractivity contribution in [3.8, 4) is 33.6 Å². The molecule has 51 heavy (non-hydrogen) atoms. The second-order valence-electron chi connectivity index (χ2n) is 13.4. The zero-order valence-electron chi connectivity index (χ0n) is 27.6. The predicted molar refractivity (Wildman–Crippen MR) is 219 cm³/mol. The Morgan fingerprint density at radius 1 is 0.275 bits per heavy atom. The van der Waals surface area contributed by atoms with E-state index in [1.165, 1.54) is 91.7 Å². The first-order valence-corrected chi connectivity index (χ1v) is 18.2. The number of hydrogen-bond donors (Lipinski definition) is 0. The first-order valence-electron chi connectivity index (χ1n) is 17.4. The van der Waals surface area contributed by atoms with Gasteiger partial charge >= 0.3 is 0 Å². The predicted octanol–water partition coefficient (Wildman–Crippen LogP) is 13.6. The second-order valence-corrected chi connectivity index (χ2v) is 14.4. The van der Waals surface area contributed by atoms with Crippen LogP contribution >= 0.6 is 11.3 Å². The van der Waals surface area contributed by atoms with Crippen molar-refractivity contribution in [3.63, 3.8) is 0 Å². The summed E-state index contributed by atoms with van der Waals surface area (Å²) in [5.74, 6) is 0. The molecule has 0 N–H and O–H groups in total. The van der Waals surface area contributed by atoms with Crippen molar-refractivity contribution in [1.82, 2.24) is 9.13 Å². The van der Waals surface area contributed by atoms with Gasteiger partial charge < -0.3 is 9.13 Å². The van der Waals surface area contributed by atoms with E-state index in [2.05, 4.69) is 191 Å². The molecule has 3 aromatic heterocycles. The fraction of sp³-hybridized carbons (Fsp3) is 0. The van der Waals surface area contributed by atoms with Gasteiger partial charge in [0.2, 0.25) is 0 Å². The summed E-state index contributed by atoms with van der Waals surface area (Å²) in [6, 6.07) is 66.7. The number of para-hydroxylation sites is 2. The molecule has 11 rings (SSSR count). The lowest BCUT2D eigenvalue weighted by Gasteiger charge is -2.11. The Hall–Kier alpha value is -6.42. The number of aromatic nitrogens is 2. The molecule has 3 heterocycles. The molecule has 0 atom stereocenters. The van der Waals surface area contributed by atoms with Gasteiger partial charge in [0.05, 0.1) is 22.1 Å². The van der Waals surface area contributed by atoms with Crippen LogP contribution in [0.2, 0.25) is 0 Å². The Balaban J connectivity index is 1.10. The van der Waals surface area contributed by atoms with E-state index in [1.54, 1.807) is 0 Å². The van der Waals surface area contributed by atoms with Gasteiger partial charge in [0.1, 0.15) is 0 Å². The van der Waals surface area contributed by atoms with Crippen molar-refractivity contribution in [2.45, 2.75) is 0 Å². The summed E-state index contributed by atoms with van der Waals surface area (Å²) in [5, 5.41) is 7.68. The minimum Gasteiger partial charge on any atom is -0.309 e. The number of nitrogens with zero attached hydrogens (tertiary/aromatic N) is 2. The summed E-state index contributed by atoms with van der Waals surface area (Å²) >= 11 is 1.86. The van der Waals surface area contributed by atoms with E-state index < -0.39 is 0 Å². The largest absolute Gasteiger partial charge is 0.309 e. The summed E-state index contributed by atoms with van der Waals surface area (Å²) < 4.78 is 7.51. The summed E-state index contributed by atoms with van der Waals surface area (Å²) in [7, 11) is 0. The van der Waals surface area contributed by atoms with E-state index in [-0.39, 0.29) is 0 Å². The molecular weight excluding hydrogens is 637 g/mol. The maximum atomic E-state index is 2.45. The van der Waals surface area contributed by atoms with Crippen molar-refractivity contribution >= 4 is 75.1 Å². The van der Waals surface area contributed by atoms with Crippen LogP contribution < -0.4 is 0 Å². The van der Waals surface area contributed by atoms with Crippen LogP contribution in [0.5, 0.6) is 0 Å². The van der Waals surface area contributed by atoms with E-state index in [1.807, 2.05) is 11.3 Å². The normalized spacial score (nSPS) is 11.9. The minimum atomic E-state index is 1.16. The van der Waals surface area contributed by atoms with Gasteiger partial charge in [-0.15, -0.1) is 11.3 Å². The quantitative estimate of drug-likeness (QED) is 0.177. The highest BCUT2D eigenvalue weighted by Gasteiger charge is 2.17. The first kappa shape index (κ1) is 28.4. The van der Waals surface area contributed by atoms with E-state index in [0.717, 1.165) is 5.69 Å². The third kappa shape index (κ3) is 4.35. The SMILES string of the molecule is c1ccc(-c2ccc(-n3c4ccccc4c4ccc(-c5ccc6c7ccccc7n(-c7ccc8sc9ccccc9c8c7)c6c5)cc43)cc2)cc1. The van der Waals surface area contributed by atoms with Crippen LogP contribution in [0, 0.1) is 0 Å². The van der Waals surface area contributed by atoms with Gasteiger partial charge in [-0.05, 0) is 82.9 Å². The molecule has 238 valence electrons. The van der Waals surface area contributed by atoms with E-state index >= 15 is 0 Å². The topological polar surface area (TPSA) is 9.86 Å². The fourth-order valence-corrected chi connectivity index (χ4v) is 9.23. The highest BCUT2D eigenvalue weighted by atomic mass is 32.1. The molecule has 0 aliphatic carbocycles.